The minimum atomic E-state index is -0.591. The van der Waals surface area contributed by atoms with E-state index in [0.717, 1.165) is 29.7 Å². The summed E-state index contributed by atoms with van der Waals surface area (Å²) in [7, 11) is 0. The van der Waals surface area contributed by atoms with Crippen LogP contribution in [0.15, 0.2) is 53.6 Å². The molecule has 4 rings (SSSR count). The molecule has 1 heterocycles. The van der Waals surface area contributed by atoms with Gasteiger partial charge < -0.3 is 10.1 Å². The van der Waals surface area contributed by atoms with E-state index >= 15 is 0 Å². The van der Waals surface area contributed by atoms with E-state index in [9.17, 15) is 9.90 Å². The Labute approximate surface area is 170 Å². The summed E-state index contributed by atoms with van der Waals surface area (Å²) in [6.45, 7) is 6.26. The number of imidazole rings is 1. The Morgan fingerprint density at radius 2 is 1.93 bits per heavy atom. The third-order valence-electron chi connectivity index (χ3n) is 6.77. The van der Waals surface area contributed by atoms with Crippen LogP contribution in [0.25, 0.3) is 11.0 Å². The molecule has 6 nitrogen and oxygen atoms in total. The molecule has 1 aliphatic carbocycles. The smallest absolute Gasteiger partial charge is 0.246 e. The Morgan fingerprint density at radius 3 is 2.69 bits per heavy atom. The van der Waals surface area contributed by atoms with Crippen molar-refractivity contribution in [3.8, 4) is 5.75 Å². The monoisotopic (exact) mass is 390 g/mol. The lowest BCUT2D eigenvalue weighted by atomic mass is 9.65. The zero-order chi connectivity index (χ0) is 20.6. The second-order valence-electron chi connectivity index (χ2n) is 8.54. The van der Waals surface area contributed by atoms with Crippen molar-refractivity contribution in [3.63, 3.8) is 0 Å². The molecule has 0 radical (unpaired) electrons. The van der Waals surface area contributed by atoms with Gasteiger partial charge in [-0.1, -0.05) is 45.0 Å². The number of nitrogens with zero attached hydrogens (tertiary/aromatic N) is 2. The quantitative estimate of drug-likeness (QED) is 0.457. The number of H-pyrrole nitrogens is 1. The molecule has 2 atom stereocenters. The minimum Gasteiger partial charge on any atom is -0.507 e. The highest BCUT2D eigenvalue weighted by molar-refractivity contribution is 5.87. The first-order valence-electron chi connectivity index (χ1n) is 9.89. The highest BCUT2D eigenvalue weighted by atomic mass is 16.3. The predicted octanol–water partition coefficient (Wildman–Crippen LogP) is 4.33. The zero-order valence-corrected chi connectivity index (χ0v) is 16.9. The van der Waals surface area contributed by atoms with Crippen molar-refractivity contribution in [3.05, 3.63) is 59.9 Å². The summed E-state index contributed by atoms with van der Waals surface area (Å²) in [6, 6.07) is 14.9. The lowest BCUT2D eigenvalue weighted by Crippen LogP contribution is -2.45. The molecule has 0 spiro atoms. The van der Waals surface area contributed by atoms with Crippen LogP contribution in [0.4, 0.5) is 0 Å². The maximum atomic E-state index is 13.1. The molecule has 3 N–H and O–H groups in total. The average molecular weight is 390 g/mol. The lowest BCUT2D eigenvalue weighted by molar-refractivity contribution is -0.135. The second-order valence-corrected chi connectivity index (χ2v) is 8.54. The number of phenolic OH excluding ortho intramolecular Hbond substituents is 1. The fraction of sp³-hybridized carbons (Fsp3) is 0.348. The van der Waals surface area contributed by atoms with Crippen molar-refractivity contribution in [2.24, 2.45) is 15.9 Å². The highest BCUT2D eigenvalue weighted by Gasteiger charge is 2.57. The van der Waals surface area contributed by atoms with E-state index in [4.69, 9.17) is 4.98 Å². The molecule has 29 heavy (non-hydrogen) atoms. The highest BCUT2D eigenvalue weighted by Crippen LogP contribution is 2.59. The van der Waals surface area contributed by atoms with E-state index < -0.39 is 5.41 Å². The summed E-state index contributed by atoms with van der Waals surface area (Å²) in [5.41, 5.74) is 4.31. The SMILES string of the molecule is CC1(C(=O)N/N=C/c2ccccc2O)CCC(c2nc3ccccc3[nH]2)C1(C)C. The van der Waals surface area contributed by atoms with Crippen molar-refractivity contribution < 1.29 is 9.90 Å². The fourth-order valence-electron chi connectivity index (χ4n) is 4.40. The summed E-state index contributed by atoms with van der Waals surface area (Å²) in [4.78, 5) is 21.3. The molecule has 0 bridgehead atoms. The van der Waals surface area contributed by atoms with Crippen molar-refractivity contribution in [2.45, 2.75) is 39.5 Å². The topological polar surface area (TPSA) is 90.4 Å². The van der Waals surface area contributed by atoms with Gasteiger partial charge in [-0.3, -0.25) is 4.79 Å². The Morgan fingerprint density at radius 1 is 1.21 bits per heavy atom. The number of aromatic hydroxyl groups is 1. The van der Waals surface area contributed by atoms with Gasteiger partial charge >= 0.3 is 0 Å². The number of aromatic nitrogens is 2. The number of hydrogen-bond donors (Lipinski definition) is 3. The number of phenols is 1. The summed E-state index contributed by atoms with van der Waals surface area (Å²) >= 11 is 0. The second kappa shape index (κ2) is 7.03. The molecule has 1 aromatic heterocycles. The molecule has 0 saturated heterocycles. The number of carbonyl (C=O) groups excluding carboxylic acids is 1. The molecular formula is C23H26N4O2. The van der Waals surface area contributed by atoms with Crippen LogP contribution in [0.3, 0.4) is 0 Å². The molecule has 1 aliphatic rings. The van der Waals surface area contributed by atoms with Gasteiger partial charge in [0.15, 0.2) is 0 Å². The van der Waals surface area contributed by atoms with E-state index in [1.54, 1.807) is 18.2 Å². The van der Waals surface area contributed by atoms with Crippen LogP contribution in [-0.4, -0.2) is 27.2 Å². The van der Waals surface area contributed by atoms with Crippen LogP contribution in [0, 0.1) is 10.8 Å². The number of fused-ring (bicyclic) bond motifs is 1. The van der Waals surface area contributed by atoms with Gasteiger partial charge in [-0.25, -0.2) is 10.4 Å². The van der Waals surface area contributed by atoms with E-state index in [2.05, 4.69) is 29.4 Å². The fourth-order valence-corrected chi connectivity index (χ4v) is 4.40. The summed E-state index contributed by atoms with van der Waals surface area (Å²) < 4.78 is 0. The number of nitrogens with one attached hydrogen (secondary N) is 2. The van der Waals surface area contributed by atoms with Crippen LogP contribution in [0.5, 0.6) is 5.75 Å². The minimum absolute atomic E-state index is 0.118. The van der Waals surface area contributed by atoms with Crippen molar-refractivity contribution in [1.29, 1.82) is 0 Å². The van der Waals surface area contributed by atoms with Gasteiger partial charge in [0, 0.05) is 11.5 Å². The van der Waals surface area contributed by atoms with Gasteiger partial charge in [-0.15, -0.1) is 0 Å². The van der Waals surface area contributed by atoms with Crippen LogP contribution in [-0.2, 0) is 4.79 Å². The Kier molecular flexibility index (Phi) is 4.65. The first-order valence-corrected chi connectivity index (χ1v) is 9.89. The number of para-hydroxylation sites is 3. The Bertz CT molecular complexity index is 1050. The molecule has 2 unspecified atom stereocenters. The normalized spacial score (nSPS) is 23.6. The molecule has 3 aromatic rings. The van der Waals surface area contributed by atoms with Gasteiger partial charge in [-0.2, -0.15) is 5.10 Å². The van der Waals surface area contributed by atoms with Crippen LogP contribution in [0.1, 0.15) is 50.9 Å². The van der Waals surface area contributed by atoms with Crippen molar-refractivity contribution >= 4 is 23.2 Å². The van der Waals surface area contributed by atoms with Crippen LogP contribution >= 0.6 is 0 Å². The van der Waals surface area contributed by atoms with E-state index in [-0.39, 0.29) is 23.0 Å². The number of carbonyl (C=O) groups is 1. The van der Waals surface area contributed by atoms with Crippen molar-refractivity contribution in [2.75, 3.05) is 0 Å². The maximum absolute atomic E-state index is 13.1. The van der Waals surface area contributed by atoms with E-state index in [1.165, 1.54) is 6.21 Å². The summed E-state index contributed by atoms with van der Waals surface area (Å²) in [5.74, 6) is 1.09. The van der Waals surface area contributed by atoms with Crippen molar-refractivity contribution in [1.82, 2.24) is 15.4 Å². The molecule has 1 saturated carbocycles. The average Bonchev–Trinajstić information content (AvgIpc) is 3.22. The largest absolute Gasteiger partial charge is 0.507 e. The number of amides is 1. The Balaban J connectivity index is 1.54. The van der Waals surface area contributed by atoms with Gasteiger partial charge in [0.1, 0.15) is 11.6 Å². The molecular weight excluding hydrogens is 364 g/mol. The number of benzene rings is 2. The van der Waals surface area contributed by atoms with E-state index in [1.807, 2.05) is 37.3 Å². The number of hydrazone groups is 1. The van der Waals surface area contributed by atoms with Crippen LogP contribution < -0.4 is 5.43 Å². The zero-order valence-electron chi connectivity index (χ0n) is 16.9. The summed E-state index contributed by atoms with van der Waals surface area (Å²) in [6.07, 6.45) is 3.09. The van der Waals surface area contributed by atoms with Gasteiger partial charge in [-0.05, 0) is 42.5 Å². The van der Waals surface area contributed by atoms with Crippen LogP contribution in [0.2, 0.25) is 0 Å². The van der Waals surface area contributed by atoms with Gasteiger partial charge in [0.05, 0.1) is 22.7 Å². The van der Waals surface area contributed by atoms with E-state index in [0.29, 0.717) is 5.56 Å². The van der Waals surface area contributed by atoms with Gasteiger partial charge in [0.25, 0.3) is 0 Å². The standard InChI is InChI=1S/C23H26N4O2/c1-22(2)16(20-25-17-9-5-6-10-18(17)26-20)12-13-23(22,3)21(29)27-24-14-15-8-4-7-11-19(15)28/h4-11,14,16,28H,12-13H2,1-3H3,(H,25,26)(H,27,29)/b24-14+. The molecule has 150 valence electrons. The number of hydrogen-bond acceptors (Lipinski definition) is 4. The molecule has 1 amide bonds. The van der Waals surface area contributed by atoms with Gasteiger partial charge in [0.2, 0.25) is 5.91 Å². The molecule has 2 aromatic carbocycles. The molecule has 1 fully saturated rings. The molecule has 6 heteroatoms. The maximum Gasteiger partial charge on any atom is 0.246 e. The predicted molar refractivity (Wildman–Crippen MR) is 114 cm³/mol. The first-order chi connectivity index (χ1) is 13.8. The Hall–Kier alpha value is -3.15. The third kappa shape index (κ3) is 3.18. The lowest BCUT2D eigenvalue weighted by Gasteiger charge is -2.39. The number of aromatic amines is 1. The first kappa shape index (κ1) is 19.2. The number of rotatable bonds is 4. The molecule has 0 aliphatic heterocycles. The summed E-state index contributed by atoms with van der Waals surface area (Å²) in [5, 5.41) is 13.9. The third-order valence-corrected chi connectivity index (χ3v) is 6.77.